The van der Waals surface area contributed by atoms with Crippen molar-refractivity contribution in [1.29, 1.82) is 0 Å². The van der Waals surface area contributed by atoms with Gasteiger partial charge in [0.15, 0.2) is 6.10 Å². The molecule has 2 atom stereocenters. The molecule has 2 rings (SSSR count). The minimum atomic E-state index is -2.49. The molecule has 1 aliphatic carbocycles. The van der Waals surface area contributed by atoms with Gasteiger partial charge in [-0.05, 0) is 50.5 Å². The Morgan fingerprint density at radius 2 is 1.96 bits per heavy atom. The first-order chi connectivity index (χ1) is 11.5. The van der Waals surface area contributed by atoms with Crippen LogP contribution >= 0.6 is 11.8 Å². The SMILES string of the molecule is C[C@@H](OC(=O)[C@H]1CC=CCC1)C(=O)Nc1ccc(SC(F)F)cc1. The van der Waals surface area contributed by atoms with Crippen molar-refractivity contribution in [2.45, 2.75) is 42.9 Å². The molecule has 0 spiro atoms. The van der Waals surface area contributed by atoms with Crippen molar-refractivity contribution >= 4 is 29.3 Å². The topological polar surface area (TPSA) is 55.4 Å². The highest BCUT2D eigenvalue weighted by Gasteiger charge is 2.25. The number of hydrogen-bond donors (Lipinski definition) is 1. The monoisotopic (exact) mass is 355 g/mol. The second kappa shape index (κ2) is 8.82. The Balaban J connectivity index is 1.84. The summed E-state index contributed by atoms with van der Waals surface area (Å²) in [7, 11) is 0. The van der Waals surface area contributed by atoms with Gasteiger partial charge in [0.05, 0.1) is 5.92 Å². The molecule has 0 bridgehead atoms. The summed E-state index contributed by atoms with van der Waals surface area (Å²) in [6, 6.07) is 6.06. The number of rotatable bonds is 6. The van der Waals surface area contributed by atoms with Crippen LogP contribution < -0.4 is 5.32 Å². The lowest BCUT2D eigenvalue weighted by atomic mass is 9.95. The molecule has 0 heterocycles. The van der Waals surface area contributed by atoms with Gasteiger partial charge in [0.1, 0.15) is 0 Å². The second-order valence-corrected chi connectivity index (χ2v) is 6.52. The fraction of sp³-hybridized carbons (Fsp3) is 0.412. The average molecular weight is 355 g/mol. The first-order valence-electron chi connectivity index (χ1n) is 7.67. The number of hydrogen-bond acceptors (Lipinski definition) is 4. The van der Waals surface area contributed by atoms with Crippen LogP contribution in [0.15, 0.2) is 41.3 Å². The summed E-state index contributed by atoms with van der Waals surface area (Å²) in [5, 5.41) is 2.60. The predicted molar refractivity (Wildman–Crippen MR) is 89.0 cm³/mol. The van der Waals surface area contributed by atoms with E-state index in [4.69, 9.17) is 4.74 Å². The number of allylic oxidation sites excluding steroid dienone is 2. The number of anilines is 1. The first-order valence-corrected chi connectivity index (χ1v) is 8.55. The molecule has 4 nitrogen and oxygen atoms in total. The first kappa shape index (κ1) is 18.4. The van der Waals surface area contributed by atoms with E-state index in [0.717, 1.165) is 12.8 Å². The lowest BCUT2D eigenvalue weighted by molar-refractivity contribution is -0.157. The maximum atomic E-state index is 12.3. The Morgan fingerprint density at radius 1 is 1.25 bits per heavy atom. The van der Waals surface area contributed by atoms with Gasteiger partial charge in [-0.2, -0.15) is 8.78 Å². The van der Waals surface area contributed by atoms with Crippen LogP contribution in [0.2, 0.25) is 0 Å². The van der Waals surface area contributed by atoms with Gasteiger partial charge in [0, 0.05) is 10.6 Å². The van der Waals surface area contributed by atoms with E-state index < -0.39 is 17.8 Å². The molecule has 0 saturated carbocycles. The molecule has 0 aromatic heterocycles. The van der Waals surface area contributed by atoms with Crippen molar-refractivity contribution in [1.82, 2.24) is 0 Å². The minimum Gasteiger partial charge on any atom is -0.452 e. The fourth-order valence-electron chi connectivity index (χ4n) is 2.30. The van der Waals surface area contributed by atoms with Crippen LogP contribution in [-0.4, -0.2) is 23.7 Å². The van der Waals surface area contributed by atoms with Gasteiger partial charge in [-0.15, -0.1) is 0 Å². The third-order valence-corrected chi connectivity index (χ3v) is 4.33. The van der Waals surface area contributed by atoms with Gasteiger partial charge in [0.2, 0.25) is 0 Å². The molecule has 0 saturated heterocycles. The van der Waals surface area contributed by atoms with E-state index >= 15 is 0 Å². The normalized spacial score (nSPS) is 18.2. The minimum absolute atomic E-state index is 0.198. The number of carbonyl (C=O) groups excluding carboxylic acids is 2. The highest BCUT2D eigenvalue weighted by atomic mass is 32.2. The molecule has 1 amide bonds. The molecule has 1 aromatic rings. The number of halogens is 2. The molecule has 130 valence electrons. The van der Waals surface area contributed by atoms with Gasteiger partial charge in [-0.25, -0.2) is 0 Å². The second-order valence-electron chi connectivity index (χ2n) is 5.45. The standard InChI is InChI=1S/C17H19F2NO3S/c1-11(23-16(22)12-5-3-2-4-6-12)15(21)20-13-7-9-14(10-8-13)24-17(18)19/h2-3,7-12,17H,4-6H2,1H3,(H,20,21)/t11-,12+/m1/s1. The predicted octanol–water partition coefficient (Wildman–Crippen LogP) is 4.23. The molecule has 1 N–H and O–H groups in total. The molecule has 7 heteroatoms. The number of amides is 1. The van der Waals surface area contributed by atoms with Crippen LogP contribution in [0, 0.1) is 5.92 Å². The number of thioether (sulfide) groups is 1. The zero-order valence-electron chi connectivity index (χ0n) is 13.2. The summed E-state index contributed by atoms with van der Waals surface area (Å²) in [4.78, 5) is 24.5. The number of ether oxygens (including phenoxy) is 1. The third-order valence-electron chi connectivity index (χ3n) is 3.61. The van der Waals surface area contributed by atoms with E-state index in [9.17, 15) is 18.4 Å². The average Bonchev–Trinajstić information content (AvgIpc) is 2.56. The van der Waals surface area contributed by atoms with E-state index in [1.54, 1.807) is 0 Å². The smallest absolute Gasteiger partial charge is 0.310 e. The Kier molecular flexibility index (Phi) is 6.78. The Morgan fingerprint density at radius 3 is 2.54 bits per heavy atom. The fourth-order valence-corrected chi connectivity index (χ4v) is 2.79. The quantitative estimate of drug-likeness (QED) is 0.471. The third kappa shape index (κ3) is 5.63. The van der Waals surface area contributed by atoms with Gasteiger partial charge in [-0.1, -0.05) is 23.9 Å². The molecule has 0 aliphatic heterocycles. The largest absolute Gasteiger partial charge is 0.452 e. The Hall–Kier alpha value is -1.89. The molecule has 1 aromatic carbocycles. The number of nitrogens with one attached hydrogen (secondary N) is 1. The summed E-state index contributed by atoms with van der Waals surface area (Å²) in [5.41, 5.74) is 0.460. The summed E-state index contributed by atoms with van der Waals surface area (Å²) in [6.07, 6.45) is 5.25. The molecular weight excluding hydrogens is 336 g/mol. The lowest BCUT2D eigenvalue weighted by Crippen LogP contribution is -2.32. The summed E-state index contributed by atoms with van der Waals surface area (Å²) in [6.45, 7) is 1.51. The maximum Gasteiger partial charge on any atom is 0.310 e. The van der Waals surface area contributed by atoms with E-state index in [0.29, 0.717) is 28.8 Å². The van der Waals surface area contributed by atoms with Crippen LogP contribution in [0.3, 0.4) is 0 Å². The lowest BCUT2D eigenvalue weighted by Gasteiger charge is -2.19. The van der Waals surface area contributed by atoms with Crippen molar-refractivity contribution in [3.63, 3.8) is 0 Å². The van der Waals surface area contributed by atoms with E-state index in [2.05, 4.69) is 5.32 Å². The van der Waals surface area contributed by atoms with E-state index in [-0.39, 0.29) is 11.9 Å². The van der Waals surface area contributed by atoms with Crippen molar-refractivity contribution in [2.75, 3.05) is 5.32 Å². The van der Waals surface area contributed by atoms with Gasteiger partial charge < -0.3 is 10.1 Å². The Bertz CT molecular complexity index is 604. The highest BCUT2D eigenvalue weighted by Crippen LogP contribution is 2.26. The van der Waals surface area contributed by atoms with Crippen LogP contribution in [-0.2, 0) is 14.3 Å². The van der Waals surface area contributed by atoms with Crippen molar-refractivity contribution in [3.05, 3.63) is 36.4 Å². The van der Waals surface area contributed by atoms with E-state index in [1.807, 2.05) is 12.2 Å². The van der Waals surface area contributed by atoms with Crippen LogP contribution in [0.1, 0.15) is 26.2 Å². The number of carbonyl (C=O) groups is 2. The molecule has 0 unspecified atom stereocenters. The summed E-state index contributed by atoms with van der Waals surface area (Å²) >= 11 is 0.436. The maximum absolute atomic E-state index is 12.3. The van der Waals surface area contributed by atoms with Crippen molar-refractivity contribution in [3.8, 4) is 0 Å². The Labute approximate surface area is 143 Å². The number of esters is 1. The van der Waals surface area contributed by atoms with Gasteiger partial charge in [0.25, 0.3) is 11.7 Å². The zero-order chi connectivity index (χ0) is 17.5. The molecule has 1 aliphatic rings. The van der Waals surface area contributed by atoms with Crippen molar-refractivity contribution in [2.24, 2.45) is 5.92 Å². The summed E-state index contributed by atoms with van der Waals surface area (Å²) < 4.78 is 29.7. The van der Waals surface area contributed by atoms with E-state index in [1.165, 1.54) is 31.2 Å². The molecule has 0 fully saturated rings. The van der Waals surface area contributed by atoms with Gasteiger partial charge >= 0.3 is 5.97 Å². The summed E-state index contributed by atoms with van der Waals surface area (Å²) in [5.74, 6) is -3.51. The van der Waals surface area contributed by atoms with Crippen LogP contribution in [0.25, 0.3) is 0 Å². The number of alkyl halides is 2. The zero-order valence-corrected chi connectivity index (χ0v) is 14.0. The molecule has 24 heavy (non-hydrogen) atoms. The van der Waals surface area contributed by atoms with Gasteiger partial charge in [-0.3, -0.25) is 9.59 Å². The van der Waals surface area contributed by atoms with Crippen molar-refractivity contribution < 1.29 is 23.1 Å². The highest BCUT2D eigenvalue weighted by molar-refractivity contribution is 7.99. The number of benzene rings is 1. The molecular formula is C17H19F2NO3S. The molecule has 0 radical (unpaired) electrons. The van der Waals surface area contributed by atoms with Crippen LogP contribution in [0.4, 0.5) is 14.5 Å². The van der Waals surface area contributed by atoms with Crippen LogP contribution in [0.5, 0.6) is 0 Å².